The Morgan fingerprint density at radius 2 is 1.89 bits per heavy atom. The third kappa shape index (κ3) is 4.37. The first kappa shape index (κ1) is 17.7. The predicted octanol–water partition coefficient (Wildman–Crippen LogP) is 4.40. The Kier molecular flexibility index (Phi) is 5.49. The largest absolute Gasteiger partial charge is 0.489 e. The zero-order valence-electron chi connectivity index (χ0n) is 15.7. The van der Waals surface area contributed by atoms with Crippen molar-refractivity contribution in [3.05, 3.63) is 65.9 Å². The summed E-state index contributed by atoms with van der Waals surface area (Å²) in [5.74, 6) is 0.850. The summed E-state index contributed by atoms with van der Waals surface area (Å²) in [5, 5.41) is 8.73. The summed E-state index contributed by atoms with van der Waals surface area (Å²) in [6.07, 6.45) is 3.75. The molecule has 2 aromatic carbocycles. The van der Waals surface area contributed by atoms with Crippen LogP contribution in [0.2, 0.25) is 0 Å². The van der Waals surface area contributed by atoms with Crippen molar-refractivity contribution < 1.29 is 9.47 Å². The second-order valence-electron chi connectivity index (χ2n) is 6.99. The van der Waals surface area contributed by atoms with E-state index in [1.54, 1.807) is 0 Å². The maximum absolute atomic E-state index is 5.86. The molecule has 0 spiro atoms. The maximum atomic E-state index is 5.86. The Hall–Kier alpha value is -2.66. The smallest absolute Gasteiger partial charge is 0.119 e. The molecule has 0 N–H and O–H groups in total. The fraction of sp³-hybridized carbons (Fsp3) is 0.364. The number of nitrogens with zero attached hydrogens (tertiary/aromatic N) is 3. The molecule has 1 unspecified atom stereocenters. The molecule has 0 aliphatic carbocycles. The van der Waals surface area contributed by atoms with E-state index in [-0.39, 0.29) is 6.10 Å². The van der Waals surface area contributed by atoms with Crippen LogP contribution in [0.1, 0.15) is 30.5 Å². The van der Waals surface area contributed by atoms with Crippen LogP contribution in [0.15, 0.2) is 54.6 Å². The number of ether oxygens (including phenoxy) is 2. The fourth-order valence-corrected chi connectivity index (χ4v) is 3.39. The Bertz CT molecular complexity index is 853. The molecule has 3 aromatic rings. The van der Waals surface area contributed by atoms with Crippen LogP contribution in [0.3, 0.4) is 0 Å². The molecule has 1 fully saturated rings. The van der Waals surface area contributed by atoms with Gasteiger partial charge in [-0.2, -0.15) is 0 Å². The molecule has 5 heteroatoms. The molecule has 1 saturated heterocycles. The number of benzene rings is 2. The topological polar surface area (TPSA) is 49.2 Å². The van der Waals surface area contributed by atoms with E-state index in [1.807, 2.05) is 47.1 Å². The lowest BCUT2D eigenvalue weighted by molar-refractivity contribution is 0.00337. The SMILES string of the molecule is Cc1c(-c2ccc(OCc3ccccc3)cc2)nnn1CC1CCCCO1. The standard InChI is InChI=1S/C22H25N3O2/c1-17-22(23-24-25(17)15-21-9-5-6-14-26-21)19-10-12-20(13-11-19)27-16-18-7-3-2-4-8-18/h2-4,7-8,10-13,21H,5-6,9,14-16H2,1H3. The summed E-state index contributed by atoms with van der Waals surface area (Å²) in [6, 6.07) is 18.2. The minimum Gasteiger partial charge on any atom is -0.489 e. The van der Waals surface area contributed by atoms with Gasteiger partial charge in [0.1, 0.15) is 18.1 Å². The minimum absolute atomic E-state index is 0.251. The Labute approximate surface area is 159 Å². The monoisotopic (exact) mass is 363 g/mol. The molecule has 0 bridgehead atoms. The molecule has 1 aliphatic rings. The highest BCUT2D eigenvalue weighted by atomic mass is 16.5. The van der Waals surface area contributed by atoms with Crippen LogP contribution in [-0.4, -0.2) is 27.7 Å². The number of aromatic nitrogens is 3. The van der Waals surface area contributed by atoms with E-state index in [9.17, 15) is 0 Å². The molecule has 140 valence electrons. The molecule has 1 atom stereocenters. The summed E-state index contributed by atoms with van der Waals surface area (Å²) < 4.78 is 13.7. The highest BCUT2D eigenvalue weighted by Crippen LogP contribution is 2.24. The van der Waals surface area contributed by atoms with Gasteiger partial charge in [-0.05, 0) is 56.0 Å². The summed E-state index contributed by atoms with van der Waals surface area (Å²) in [4.78, 5) is 0. The lowest BCUT2D eigenvalue weighted by Gasteiger charge is -2.22. The van der Waals surface area contributed by atoms with Gasteiger partial charge in [-0.25, -0.2) is 4.68 Å². The number of hydrogen-bond donors (Lipinski definition) is 0. The van der Waals surface area contributed by atoms with Gasteiger partial charge in [-0.3, -0.25) is 0 Å². The van der Waals surface area contributed by atoms with Crippen molar-refractivity contribution in [2.45, 2.75) is 45.4 Å². The molecule has 0 saturated carbocycles. The molecule has 5 nitrogen and oxygen atoms in total. The van der Waals surface area contributed by atoms with Crippen molar-refractivity contribution in [2.75, 3.05) is 6.61 Å². The third-order valence-corrected chi connectivity index (χ3v) is 5.01. The first-order chi connectivity index (χ1) is 13.3. The summed E-state index contributed by atoms with van der Waals surface area (Å²) >= 11 is 0. The van der Waals surface area contributed by atoms with Crippen LogP contribution >= 0.6 is 0 Å². The Morgan fingerprint density at radius 3 is 2.63 bits per heavy atom. The quantitative estimate of drug-likeness (QED) is 0.651. The summed E-state index contributed by atoms with van der Waals surface area (Å²) in [7, 11) is 0. The van der Waals surface area contributed by atoms with Crippen LogP contribution in [0.25, 0.3) is 11.3 Å². The molecular weight excluding hydrogens is 338 g/mol. The second kappa shape index (κ2) is 8.35. The van der Waals surface area contributed by atoms with Gasteiger partial charge < -0.3 is 9.47 Å². The van der Waals surface area contributed by atoms with Crippen LogP contribution in [0.5, 0.6) is 5.75 Å². The van der Waals surface area contributed by atoms with Crippen molar-refractivity contribution >= 4 is 0 Å². The van der Waals surface area contributed by atoms with E-state index < -0.39 is 0 Å². The van der Waals surface area contributed by atoms with Gasteiger partial charge in [0.15, 0.2) is 0 Å². The molecule has 1 aliphatic heterocycles. The summed E-state index contributed by atoms with van der Waals surface area (Å²) in [6.45, 7) is 4.27. The molecule has 27 heavy (non-hydrogen) atoms. The minimum atomic E-state index is 0.251. The maximum Gasteiger partial charge on any atom is 0.119 e. The molecule has 0 radical (unpaired) electrons. The number of rotatable bonds is 6. The number of hydrogen-bond acceptors (Lipinski definition) is 4. The van der Waals surface area contributed by atoms with Crippen molar-refractivity contribution in [3.63, 3.8) is 0 Å². The second-order valence-corrected chi connectivity index (χ2v) is 6.99. The van der Waals surface area contributed by atoms with Gasteiger partial charge in [0.25, 0.3) is 0 Å². The van der Waals surface area contributed by atoms with Crippen molar-refractivity contribution in [2.24, 2.45) is 0 Å². The van der Waals surface area contributed by atoms with Gasteiger partial charge in [-0.1, -0.05) is 35.5 Å². The molecular formula is C22H25N3O2. The van der Waals surface area contributed by atoms with Gasteiger partial charge in [0, 0.05) is 12.2 Å². The lowest BCUT2D eigenvalue weighted by Crippen LogP contribution is -2.25. The molecule has 0 amide bonds. The zero-order valence-corrected chi connectivity index (χ0v) is 15.7. The van der Waals surface area contributed by atoms with E-state index in [2.05, 4.69) is 29.4 Å². The van der Waals surface area contributed by atoms with Crippen LogP contribution in [-0.2, 0) is 17.9 Å². The zero-order chi connectivity index (χ0) is 18.5. The van der Waals surface area contributed by atoms with Crippen molar-refractivity contribution in [3.8, 4) is 17.0 Å². The fourth-order valence-electron chi connectivity index (χ4n) is 3.39. The Balaban J connectivity index is 1.41. The summed E-state index contributed by atoms with van der Waals surface area (Å²) in [5.41, 5.74) is 4.20. The van der Waals surface area contributed by atoms with Gasteiger partial charge in [0.05, 0.1) is 18.3 Å². The highest BCUT2D eigenvalue weighted by Gasteiger charge is 2.18. The van der Waals surface area contributed by atoms with Crippen LogP contribution in [0.4, 0.5) is 0 Å². The predicted molar refractivity (Wildman–Crippen MR) is 105 cm³/mol. The van der Waals surface area contributed by atoms with E-state index in [1.165, 1.54) is 6.42 Å². The average molecular weight is 363 g/mol. The Morgan fingerprint density at radius 1 is 1.07 bits per heavy atom. The van der Waals surface area contributed by atoms with Gasteiger partial charge in [-0.15, -0.1) is 5.10 Å². The van der Waals surface area contributed by atoms with Crippen LogP contribution in [0, 0.1) is 6.92 Å². The highest BCUT2D eigenvalue weighted by molar-refractivity contribution is 5.61. The molecule has 1 aromatic heterocycles. The van der Waals surface area contributed by atoms with Crippen molar-refractivity contribution in [1.29, 1.82) is 0 Å². The van der Waals surface area contributed by atoms with E-state index >= 15 is 0 Å². The van der Waals surface area contributed by atoms with Gasteiger partial charge in [0.2, 0.25) is 0 Å². The van der Waals surface area contributed by atoms with E-state index in [0.29, 0.717) is 6.61 Å². The first-order valence-corrected chi connectivity index (χ1v) is 9.58. The lowest BCUT2D eigenvalue weighted by atomic mass is 10.1. The average Bonchev–Trinajstić information content (AvgIpc) is 3.09. The molecule has 2 heterocycles. The normalized spacial score (nSPS) is 17.0. The van der Waals surface area contributed by atoms with E-state index in [0.717, 1.165) is 54.3 Å². The first-order valence-electron chi connectivity index (χ1n) is 9.58. The molecule has 4 rings (SSSR count). The van der Waals surface area contributed by atoms with E-state index in [4.69, 9.17) is 9.47 Å². The van der Waals surface area contributed by atoms with Crippen LogP contribution < -0.4 is 4.74 Å². The van der Waals surface area contributed by atoms with Crippen molar-refractivity contribution in [1.82, 2.24) is 15.0 Å². The van der Waals surface area contributed by atoms with Gasteiger partial charge >= 0.3 is 0 Å². The third-order valence-electron chi connectivity index (χ3n) is 5.01.